The predicted octanol–water partition coefficient (Wildman–Crippen LogP) is 5.11. The molecule has 0 atom stereocenters. The third-order valence-electron chi connectivity index (χ3n) is 5.94. The van der Waals surface area contributed by atoms with Gasteiger partial charge in [-0.1, -0.05) is 24.3 Å². The molecule has 9 heteroatoms. The number of hydrogen-bond donors (Lipinski definition) is 1. The Bertz CT molecular complexity index is 1480. The first kappa shape index (κ1) is 23.6. The summed E-state index contributed by atoms with van der Waals surface area (Å²) in [6.45, 7) is 6.19. The van der Waals surface area contributed by atoms with Crippen molar-refractivity contribution in [3.8, 4) is 17.2 Å². The first-order valence-electron chi connectivity index (χ1n) is 11.4. The van der Waals surface area contributed by atoms with Crippen LogP contribution in [0.2, 0.25) is 0 Å². The standard InChI is InChI=1S/C27H25N5O3S/c1-16-8-7-9-20(12-16)35-15-24-30-32-25(28)21(26(33)29-27(32)36-24)14-19-13-17(2)31(18(19)3)22-10-5-6-11-23(22)34-4/h5-14,28H,15H2,1-4H3. The van der Waals surface area contributed by atoms with Crippen LogP contribution in [-0.4, -0.2) is 45.2 Å². The maximum atomic E-state index is 12.9. The van der Waals surface area contributed by atoms with Gasteiger partial charge in [0.15, 0.2) is 5.84 Å². The molecular formula is C27H25N5O3S. The molecule has 182 valence electrons. The van der Waals surface area contributed by atoms with E-state index in [4.69, 9.17) is 14.9 Å². The van der Waals surface area contributed by atoms with Crippen molar-refractivity contribution < 1.29 is 14.3 Å². The lowest BCUT2D eigenvalue weighted by Crippen LogP contribution is -2.35. The number of para-hydroxylation sites is 2. The van der Waals surface area contributed by atoms with Gasteiger partial charge >= 0.3 is 0 Å². The van der Waals surface area contributed by atoms with Gasteiger partial charge in [0.1, 0.15) is 23.1 Å². The third kappa shape index (κ3) is 4.33. The second kappa shape index (κ2) is 9.50. The number of aromatic nitrogens is 1. The van der Waals surface area contributed by atoms with Crippen molar-refractivity contribution >= 4 is 39.8 Å². The Morgan fingerprint density at radius 3 is 2.67 bits per heavy atom. The number of carbonyl (C=O) groups is 1. The monoisotopic (exact) mass is 499 g/mol. The highest BCUT2D eigenvalue weighted by molar-refractivity contribution is 8.27. The van der Waals surface area contributed by atoms with Gasteiger partial charge < -0.3 is 14.0 Å². The normalized spacial score (nSPS) is 16.2. The molecular weight excluding hydrogens is 474 g/mol. The highest BCUT2D eigenvalue weighted by atomic mass is 32.2. The summed E-state index contributed by atoms with van der Waals surface area (Å²) in [5.41, 5.74) is 4.92. The second-order valence-electron chi connectivity index (χ2n) is 8.45. The van der Waals surface area contributed by atoms with E-state index in [0.29, 0.717) is 10.2 Å². The Morgan fingerprint density at radius 2 is 1.89 bits per heavy atom. The number of amides is 1. The van der Waals surface area contributed by atoms with Crippen LogP contribution in [0, 0.1) is 26.2 Å². The number of hydrazone groups is 1. The van der Waals surface area contributed by atoms with Gasteiger partial charge in [-0.2, -0.15) is 15.1 Å². The number of amidine groups is 2. The van der Waals surface area contributed by atoms with Crippen molar-refractivity contribution in [3.05, 3.63) is 82.7 Å². The summed E-state index contributed by atoms with van der Waals surface area (Å²) in [7, 11) is 1.64. The molecule has 0 radical (unpaired) electrons. The zero-order chi connectivity index (χ0) is 25.4. The zero-order valence-corrected chi connectivity index (χ0v) is 21.2. The lowest BCUT2D eigenvalue weighted by molar-refractivity contribution is -0.114. The molecule has 0 aliphatic carbocycles. The Morgan fingerprint density at radius 1 is 1.08 bits per heavy atom. The van der Waals surface area contributed by atoms with Gasteiger partial charge in [0.25, 0.3) is 5.91 Å². The average Bonchev–Trinajstić information content (AvgIpc) is 3.40. The molecule has 2 aliphatic heterocycles. The average molecular weight is 500 g/mol. The molecule has 0 spiro atoms. The molecule has 2 aliphatic rings. The Kier molecular flexibility index (Phi) is 6.24. The quantitative estimate of drug-likeness (QED) is 0.476. The molecule has 2 aromatic carbocycles. The minimum absolute atomic E-state index is 0.00912. The first-order chi connectivity index (χ1) is 17.4. The van der Waals surface area contributed by atoms with Crippen LogP contribution < -0.4 is 9.47 Å². The zero-order valence-electron chi connectivity index (χ0n) is 20.4. The fourth-order valence-electron chi connectivity index (χ4n) is 4.21. The number of nitrogens with one attached hydrogen (secondary N) is 1. The number of aliphatic imine (C=N–C) groups is 1. The highest BCUT2D eigenvalue weighted by Gasteiger charge is 2.36. The van der Waals surface area contributed by atoms with Crippen LogP contribution in [0.1, 0.15) is 22.5 Å². The highest BCUT2D eigenvalue weighted by Crippen LogP contribution is 2.32. The topological polar surface area (TPSA) is 92.3 Å². The van der Waals surface area contributed by atoms with Crippen molar-refractivity contribution in [2.75, 3.05) is 13.7 Å². The van der Waals surface area contributed by atoms with E-state index >= 15 is 0 Å². The minimum atomic E-state index is -0.461. The van der Waals surface area contributed by atoms with Crippen LogP contribution >= 0.6 is 11.8 Å². The van der Waals surface area contributed by atoms with Gasteiger partial charge in [-0.25, -0.2) is 0 Å². The molecule has 36 heavy (non-hydrogen) atoms. The number of fused-ring (bicyclic) bond motifs is 1. The molecule has 0 unspecified atom stereocenters. The molecule has 8 nitrogen and oxygen atoms in total. The van der Waals surface area contributed by atoms with Crippen molar-refractivity contribution in [3.63, 3.8) is 0 Å². The van der Waals surface area contributed by atoms with Gasteiger partial charge in [-0.15, -0.1) is 0 Å². The van der Waals surface area contributed by atoms with E-state index in [9.17, 15) is 4.79 Å². The molecule has 0 fully saturated rings. The third-order valence-corrected chi connectivity index (χ3v) is 6.83. The van der Waals surface area contributed by atoms with Crippen molar-refractivity contribution in [1.82, 2.24) is 9.58 Å². The Hall–Kier alpha value is -4.11. The molecule has 0 saturated heterocycles. The summed E-state index contributed by atoms with van der Waals surface area (Å²) < 4.78 is 13.4. The van der Waals surface area contributed by atoms with Gasteiger partial charge in [0.05, 0.1) is 18.4 Å². The number of aryl methyl sites for hydroxylation is 2. The van der Waals surface area contributed by atoms with Crippen LogP contribution in [0.25, 0.3) is 11.8 Å². The first-order valence-corrected chi connectivity index (χ1v) is 12.2. The fourth-order valence-corrected chi connectivity index (χ4v) is 5.01. The number of ether oxygens (including phenoxy) is 2. The Balaban J connectivity index is 1.41. The number of benzene rings is 2. The molecule has 3 aromatic rings. The SMILES string of the molecule is COc1ccccc1-n1c(C)cc(C=C2C(=N)N3N=C(COc4cccc(C)c4)SC3=NC2=O)c1C. The van der Waals surface area contributed by atoms with E-state index in [2.05, 4.69) is 14.7 Å². The second-order valence-corrected chi connectivity index (χ2v) is 9.49. The number of methoxy groups -OCH3 is 1. The fraction of sp³-hybridized carbons (Fsp3) is 0.185. The summed E-state index contributed by atoms with van der Waals surface area (Å²) in [5, 5.41) is 15.6. The summed E-state index contributed by atoms with van der Waals surface area (Å²) in [6.07, 6.45) is 1.71. The number of rotatable bonds is 6. The lowest BCUT2D eigenvalue weighted by Gasteiger charge is -2.20. The largest absolute Gasteiger partial charge is 0.495 e. The van der Waals surface area contributed by atoms with Gasteiger partial charge in [-0.3, -0.25) is 10.2 Å². The summed E-state index contributed by atoms with van der Waals surface area (Å²) in [6, 6.07) is 17.5. The summed E-state index contributed by atoms with van der Waals surface area (Å²) in [4.78, 5) is 17.1. The van der Waals surface area contributed by atoms with Crippen molar-refractivity contribution in [1.29, 1.82) is 5.41 Å². The molecule has 1 N–H and O–H groups in total. The number of nitrogens with zero attached hydrogens (tertiary/aromatic N) is 4. The van der Waals surface area contributed by atoms with E-state index in [0.717, 1.165) is 39.7 Å². The van der Waals surface area contributed by atoms with E-state index in [1.807, 2.05) is 75.4 Å². The molecule has 0 saturated carbocycles. The van der Waals surface area contributed by atoms with Crippen LogP contribution in [0.15, 0.2) is 70.3 Å². The number of carbonyl (C=O) groups excluding carboxylic acids is 1. The van der Waals surface area contributed by atoms with Crippen LogP contribution in [0.3, 0.4) is 0 Å². The van der Waals surface area contributed by atoms with E-state index in [1.165, 1.54) is 16.8 Å². The van der Waals surface area contributed by atoms with Crippen LogP contribution in [0.4, 0.5) is 0 Å². The van der Waals surface area contributed by atoms with E-state index in [-0.39, 0.29) is 18.0 Å². The van der Waals surface area contributed by atoms with Gasteiger partial charge in [0, 0.05) is 11.4 Å². The number of hydrogen-bond acceptors (Lipinski definition) is 6. The van der Waals surface area contributed by atoms with Gasteiger partial charge in [-0.05, 0) is 80.1 Å². The predicted molar refractivity (Wildman–Crippen MR) is 143 cm³/mol. The molecule has 1 aromatic heterocycles. The van der Waals surface area contributed by atoms with E-state index < -0.39 is 5.91 Å². The summed E-state index contributed by atoms with van der Waals surface area (Å²) in [5.74, 6) is 1.02. The summed E-state index contributed by atoms with van der Waals surface area (Å²) >= 11 is 1.24. The van der Waals surface area contributed by atoms with Crippen LogP contribution in [-0.2, 0) is 4.79 Å². The lowest BCUT2D eigenvalue weighted by atomic mass is 10.1. The molecule has 0 bridgehead atoms. The molecule has 1 amide bonds. The molecule has 5 rings (SSSR count). The van der Waals surface area contributed by atoms with Crippen LogP contribution in [0.5, 0.6) is 11.5 Å². The maximum absolute atomic E-state index is 12.9. The van der Waals surface area contributed by atoms with Crippen molar-refractivity contribution in [2.24, 2.45) is 10.1 Å². The Labute approximate surface area is 213 Å². The smallest absolute Gasteiger partial charge is 0.283 e. The van der Waals surface area contributed by atoms with Gasteiger partial charge in [0.2, 0.25) is 5.17 Å². The van der Waals surface area contributed by atoms with Crippen molar-refractivity contribution in [2.45, 2.75) is 20.8 Å². The minimum Gasteiger partial charge on any atom is -0.495 e. The molecule has 3 heterocycles. The maximum Gasteiger partial charge on any atom is 0.283 e. The van der Waals surface area contributed by atoms with E-state index in [1.54, 1.807) is 13.2 Å². The number of thioether (sulfide) groups is 1.